The van der Waals surface area contributed by atoms with E-state index in [1.807, 2.05) is 0 Å². The van der Waals surface area contributed by atoms with Crippen molar-refractivity contribution in [2.45, 2.75) is 31.7 Å². The molecule has 3 N–H and O–H groups in total. The van der Waals surface area contributed by atoms with Gasteiger partial charge >= 0.3 is 12.2 Å². The number of carbonyl (C=O) groups excluding carboxylic acids is 2. The lowest BCUT2D eigenvalue weighted by Gasteiger charge is -2.27. The Balaban J connectivity index is 1.41. The zero-order valence-corrected chi connectivity index (χ0v) is 22.0. The molecule has 0 saturated carbocycles. The van der Waals surface area contributed by atoms with Crippen LogP contribution in [0.3, 0.4) is 0 Å². The van der Waals surface area contributed by atoms with Crippen LogP contribution in [0.25, 0.3) is 0 Å². The van der Waals surface area contributed by atoms with Gasteiger partial charge in [-0.15, -0.1) is 0 Å². The summed E-state index contributed by atoms with van der Waals surface area (Å²) < 4.78 is 52.1. The number of urea groups is 1. The highest BCUT2D eigenvalue weighted by atomic mass is 19.4. The average Bonchev–Trinajstić information content (AvgIpc) is 2.96. The number of alkyl halides is 3. The highest BCUT2D eigenvalue weighted by Gasteiger charge is 2.32. The van der Waals surface area contributed by atoms with E-state index in [4.69, 9.17) is 9.47 Å². The van der Waals surface area contributed by atoms with Crippen molar-refractivity contribution in [1.29, 1.82) is 0 Å². The molecule has 0 bridgehead atoms. The van der Waals surface area contributed by atoms with E-state index in [0.717, 1.165) is 35.7 Å². The molecule has 0 unspecified atom stereocenters. The Morgan fingerprint density at radius 1 is 1.05 bits per heavy atom. The predicted molar refractivity (Wildman–Crippen MR) is 143 cm³/mol. The molecule has 12 heteroatoms. The van der Waals surface area contributed by atoms with Crippen molar-refractivity contribution in [2.24, 2.45) is 0 Å². The molecule has 1 aliphatic rings. The Bertz CT molecular complexity index is 1330. The first-order valence-electron chi connectivity index (χ1n) is 12.7. The van der Waals surface area contributed by atoms with Gasteiger partial charge in [-0.3, -0.25) is 14.7 Å². The molecule has 3 aromatic rings. The van der Waals surface area contributed by atoms with Crippen LogP contribution in [0.1, 0.15) is 34.5 Å². The van der Waals surface area contributed by atoms with E-state index in [9.17, 15) is 22.8 Å². The fourth-order valence-electron chi connectivity index (χ4n) is 4.09. The summed E-state index contributed by atoms with van der Waals surface area (Å²) >= 11 is 0. The number of nitrogens with one attached hydrogen (secondary N) is 3. The summed E-state index contributed by atoms with van der Waals surface area (Å²) in [5.41, 5.74) is 0.119. The van der Waals surface area contributed by atoms with Crippen LogP contribution in [0.5, 0.6) is 17.2 Å². The predicted octanol–water partition coefficient (Wildman–Crippen LogP) is 4.73. The number of hydrogen-bond acceptors (Lipinski definition) is 6. The lowest BCUT2D eigenvalue weighted by Crippen LogP contribution is -2.38. The Labute approximate surface area is 229 Å². The minimum absolute atomic E-state index is 0.0306. The van der Waals surface area contributed by atoms with Crippen molar-refractivity contribution < 1.29 is 32.2 Å². The molecule has 0 radical (unpaired) electrons. The molecule has 1 saturated heterocycles. The second-order valence-corrected chi connectivity index (χ2v) is 9.17. The Hall–Kier alpha value is -4.32. The van der Waals surface area contributed by atoms with Crippen LogP contribution in [0.15, 0.2) is 60.8 Å². The number of anilines is 1. The lowest BCUT2D eigenvalue weighted by molar-refractivity contribution is -0.137. The summed E-state index contributed by atoms with van der Waals surface area (Å²) in [5, 5.41) is 8.44. The van der Waals surface area contributed by atoms with Gasteiger partial charge in [-0.1, -0.05) is 12.1 Å². The summed E-state index contributed by atoms with van der Waals surface area (Å²) in [5.74, 6) is 0.816. The summed E-state index contributed by atoms with van der Waals surface area (Å²) in [6.45, 7) is 1.63. The third-order valence-electron chi connectivity index (χ3n) is 6.33. The molecule has 2 aromatic carbocycles. The van der Waals surface area contributed by atoms with E-state index in [-0.39, 0.29) is 35.7 Å². The molecular formula is C28H30F3N5O4. The van der Waals surface area contributed by atoms with E-state index < -0.39 is 17.8 Å². The normalized spacial score (nSPS) is 13.8. The second-order valence-electron chi connectivity index (χ2n) is 9.17. The number of ether oxygens (including phenoxy) is 2. The minimum Gasteiger partial charge on any atom is -0.488 e. The number of halogens is 3. The van der Waals surface area contributed by atoms with Crippen LogP contribution in [0.2, 0.25) is 0 Å². The molecule has 0 spiro atoms. The van der Waals surface area contributed by atoms with E-state index in [0.29, 0.717) is 24.3 Å². The number of pyridine rings is 1. The van der Waals surface area contributed by atoms with Crippen molar-refractivity contribution in [1.82, 2.24) is 20.9 Å². The molecule has 40 heavy (non-hydrogen) atoms. The number of hydrogen-bond donors (Lipinski definition) is 3. The van der Waals surface area contributed by atoms with Crippen LogP contribution in [0.4, 0.5) is 23.7 Å². The molecular weight excluding hydrogens is 527 g/mol. The molecule has 212 valence electrons. The quantitative estimate of drug-likeness (QED) is 0.370. The smallest absolute Gasteiger partial charge is 0.416 e. The first-order chi connectivity index (χ1) is 19.1. The van der Waals surface area contributed by atoms with E-state index in [1.54, 1.807) is 30.3 Å². The standard InChI is InChI=1S/C28H30F3N5O4/c1-32-26(37)23-16-22(11-14-34-23)39-20-6-3-18(4-7-20)17-35-27(38)36(2)24-15-19(28(29,30)31)5-8-25(24)40-21-9-12-33-13-10-21/h3-8,11,14-16,21,33H,9-10,12-13,17H2,1-2H3,(H,32,37)(H,35,38). The van der Waals surface area contributed by atoms with Gasteiger partial charge in [0, 0.05) is 32.9 Å². The maximum Gasteiger partial charge on any atom is 0.416 e. The number of nitrogens with zero attached hydrogens (tertiary/aromatic N) is 2. The summed E-state index contributed by atoms with van der Waals surface area (Å²) in [6.07, 6.45) is -1.83. The van der Waals surface area contributed by atoms with Crippen LogP contribution in [0, 0.1) is 0 Å². The van der Waals surface area contributed by atoms with Gasteiger partial charge in [-0.05, 0) is 67.9 Å². The average molecular weight is 558 g/mol. The van der Waals surface area contributed by atoms with Crippen molar-refractivity contribution in [3.63, 3.8) is 0 Å². The molecule has 1 aromatic heterocycles. The number of carbonyl (C=O) groups is 2. The van der Waals surface area contributed by atoms with Crippen LogP contribution < -0.4 is 30.3 Å². The van der Waals surface area contributed by atoms with Crippen molar-refractivity contribution in [2.75, 3.05) is 32.1 Å². The number of rotatable bonds is 8. The maximum absolute atomic E-state index is 13.4. The van der Waals surface area contributed by atoms with Gasteiger partial charge in [-0.25, -0.2) is 4.79 Å². The Kier molecular flexibility index (Phi) is 9.10. The first-order valence-corrected chi connectivity index (χ1v) is 12.7. The molecule has 1 aliphatic heterocycles. The number of piperidine rings is 1. The Morgan fingerprint density at radius 3 is 2.45 bits per heavy atom. The summed E-state index contributed by atoms with van der Waals surface area (Å²) in [4.78, 5) is 29.8. The molecule has 0 aliphatic carbocycles. The van der Waals surface area contributed by atoms with Gasteiger partial charge in [0.15, 0.2) is 0 Å². The zero-order chi connectivity index (χ0) is 28.7. The van der Waals surface area contributed by atoms with Gasteiger partial charge in [0.1, 0.15) is 29.0 Å². The van der Waals surface area contributed by atoms with Gasteiger partial charge in [-0.2, -0.15) is 13.2 Å². The molecule has 1 fully saturated rings. The third kappa shape index (κ3) is 7.41. The maximum atomic E-state index is 13.4. The monoisotopic (exact) mass is 557 g/mol. The van der Waals surface area contributed by atoms with Crippen LogP contribution >= 0.6 is 0 Å². The number of benzene rings is 2. The van der Waals surface area contributed by atoms with Crippen molar-refractivity contribution >= 4 is 17.6 Å². The van der Waals surface area contributed by atoms with Gasteiger partial charge in [0.25, 0.3) is 5.91 Å². The highest BCUT2D eigenvalue weighted by Crippen LogP contribution is 2.37. The minimum atomic E-state index is -4.57. The van der Waals surface area contributed by atoms with Crippen molar-refractivity contribution in [3.8, 4) is 17.2 Å². The zero-order valence-electron chi connectivity index (χ0n) is 22.0. The van der Waals surface area contributed by atoms with E-state index in [2.05, 4.69) is 20.9 Å². The number of aromatic nitrogens is 1. The fraction of sp³-hybridized carbons (Fsp3) is 0.321. The summed E-state index contributed by atoms with van der Waals surface area (Å²) in [6, 6.07) is 12.6. The van der Waals surface area contributed by atoms with Crippen molar-refractivity contribution in [3.05, 3.63) is 77.6 Å². The van der Waals surface area contributed by atoms with Crippen LogP contribution in [-0.2, 0) is 12.7 Å². The second kappa shape index (κ2) is 12.7. The first kappa shape index (κ1) is 28.7. The SMILES string of the molecule is CNC(=O)c1cc(Oc2ccc(CNC(=O)N(C)c3cc(C(F)(F)F)ccc3OC3CCNCC3)cc2)ccn1. The Morgan fingerprint density at radius 2 is 1.77 bits per heavy atom. The van der Waals surface area contributed by atoms with Gasteiger partial charge in [0.05, 0.1) is 11.3 Å². The number of amides is 3. The van der Waals surface area contributed by atoms with Gasteiger partial charge in [0.2, 0.25) is 0 Å². The van der Waals surface area contributed by atoms with Crippen LogP contribution in [-0.4, -0.2) is 50.2 Å². The lowest BCUT2D eigenvalue weighted by atomic mass is 10.1. The third-order valence-corrected chi connectivity index (χ3v) is 6.33. The fourth-order valence-corrected chi connectivity index (χ4v) is 4.09. The van der Waals surface area contributed by atoms with E-state index in [1.165, 1.54) is 32.4 Å². The largest absolute Gasteiger partial charge is 0.488 e. The molecule has 2 heterocycles. The molecule has 3 amide bonds. The molecule has 9 nitrogen and oxygen atoms in total. The van der Waals surface area contributed by atoms with Gasteiger partial charge < -0.3 is 25.4 Å². The topological polar surface area (TPSA) is 105 Å². The molecule has 4 rings (SSSR count). The highest BCUT2D eigenvalue weighted by molar-refractivity contribution is 5.93. The van der Waals surface area contributed by atoms with E-state index >= 15 is 0 Å². The summed E-state index contributed by atoms with van der Waals surface area (Å²) in [7, 11) is 2.91. The molecule has 0 atom stereocenters.